The van der Waals surface area contributed by atoms with Gasteiger partial charge in [0.15, 0.2) is 6.23 Å². The Labute approximate surface area is 162 Å². The predicted octanol–water partition coefficient (Wildman–Crippen LogP) is 4.01. The number of rotatable bonds is 14. The molecule has 5 N–H and O–H groups in total. The molecular weight excluding hydrogens is 342 g/mol. The Kier molecular flexibility index (Phi) is 11.2. The molecule has 1 unspecified atom stereocenters. The number of aromatic hydroxyl groups is 1. The van der Waals surface area contributed by atoms with Crippen molar-refractivity contribution in [3.8, 4) is 5.75 Å². The van der Waals surface area contributed by atoms with Crippen LogP contribution in [-0.2, 0) is 0 Å². The normalized spacial score (nSPS) is 11.9. The van der Waals surface area contributed by atoms with E-state index in [-0.39, 0.29) is 5.75 Å². The number of phenols is 1. The highest BCUT2D eigenvalue weighted by Crippen LogP contribution is 2.15. The van der Waals surface area contributed by atoms with Crippen LogP contribution in [0.4, 0.5) is 0 Å². The summed E-state index contributed by atoms with van der Waals surface area (Å²) in [7, 11) is 0. The molecule has 0 spiro atoms. The van der Waals surface area contributed by atoms with E-state index >= 15 is 0 Å². The number of aliphatic hydroxyl groups excluding tert-OH is 1. The Balaban J connectivity index is 2.39. The van der Waals surface area contributed by atoms with E-state index in [0.29, 0.717) is 12.1 Å². The summed E-state index contributed by atoms with van der Waals surface area (Å²) < 4.78 is 0. The van der Waals surface area contributed by atoms with Gasteiger partial charge in [-0.1, -0.05) is 64.7 Å². The minimum absolute atomic E-state index is 0.0694. The molecule has 0 heterocycles. The van der Waals surface area contributed by atoms with E-state index in [4.69, 9.17) is 11.1 Å². The first-order valence-electron chi connectivity index (χ1n) is 10.1. The number of amides is 1. The third kappa shape index (κ3) is 8.91. The number of carbonyl (C=O) groups excluding carboxylic acids is 1. The lowest BCUT2D eigenvalue weighted by Crippen LogP contribution is -2.48. The van der Waals surface area contributed by atoms with E-state index in [1.165, 1.54) is 74.1 Å². The molecule has 0 saturated heterocycles. The van der Waals surface area contributed by atoms with E-state index in [1.54, 1.807) is 0 Å². The van der Waals surface area contributed by atoms with Gasteiger partial charge in [-0.05, 0) is 30.7 Å². The summed E-state index contributed by atoms with van der Waals surface area (Å²) in [6.07, 6.45) is 10.4. The van der Waals surface area contributed by atoms with E-state index in [0.717, 1.165) is 19.3 Å². The van der Waals surface area contributed by atoms with Crippen molar-refractivity contribution in [2.24, 2.45) is 5.73 Å². The van der Waals surface area contributed by atoms with Crippen molar-refractivity contribution in [2.45, 2.75) is 77.4 Å². The van der Waals surface area contributed by atoms with Crippen LogP contribution in [0.1, 0.15) is 81.5 Å². The molecule has 1 atom stereocenters. The number of hydrogen-bond acceptors (Lipinski definition) is 4. The van der Waals surface area contributed by atoms with Gasteiger partial charge in [0.2, 0.25) is 0 Å². The number of nitrogens with one attached hydrogen (secondary N) is 1. The Bertz CT molecular complexity index is 560. The molecule has 1 amide bonds. The topological polar surface area (TPSA) is 111 Å². The third-order valence-corrected chi connectivity index (χ3v) is 4.70. The molecule has 0 aliphatic carbocycles. The summed E-state index contributed by atoms with van der Waals surface area (Å²) in [6.45, 7) is 2.57. The van der Waals surface area contributed by atoms with E-state index < -0.39 is 18.0 Å². The molecule has 27 heavy (non-hydrogen) atoms. The maximum atomic E-state index is 12.6. The van der Waals surface area contributed by atoms with Gasteiger partial charge in [-0.15, -0.1) is 0 Å². The first-order chi connectivity index (χ1) is 13.0. The minimum Gasteiger partial charge on any atom is -0.508 e. The van der Waals surface area contributed by atoms with E-state index in [9.17, 15) is 15.0 Å². The van der Waals surface area contributed by atoms with Gasteiger partial charge in [-0.25, -0.2) is 0 Å². The molecule has 6 nitrogen and oxygen atoms in total. The summed E-state index contributed by atoms with van der Waals surface area (Å²) in [6, 6.07) is 5.84. The van der Waals surface area contributed by atoms with Crippen LogP contribution in [-0.4, -0.2) is 39.6 Å². The number of aliphatic hydroxyl groups is 1. The van der Waals surface area contributed by atoms with Gasteiger partial charge in [0, 0.05) is 12.1 Å². The Morgan fingerprint density at radius 2 is 1.48 bits per heavy atom. The van der Waals surface area contributed by atoms with Gasteiger partial charge < -0.3 is 20.8 Å². The number of nitrogens with zero attached hydrogens (tertiary/aromatic N) is 1. The molecule has 0 aromatic heterocycles. The SMILES string of the molecule is CCCCCCCCCCCCN(C(=O)c1ccc(O)cc1)C(O)C(=N)N. The third-order valence-electron chi connectivity index (χ3n) is 4.70. The molecule has 1 rings (SSSR count). The molecule has 1 aromatic rings. The summed E-state index contributed by atoms with van der Waals surface area (Å²) in [4.78, 5) is 13.8. The van der Waals surface area contributed by atoms with Gasteiger partial charge in [0.05, 0.1) is 0 Å². The summed E-state index contributed by atoms with van der Waals surface area (Å²) in [5, 5.41) is 26.9. The number of carbonyl (C=O) groups is 1. The Morgan fingerprint density at radius 1 is 1.00 bits per heavy atom. The molecule has 0 fully saturated rings. The van der Waals surface area contributed by atoms with Gasteiger partial charge >= 0.3 is 0 Å². The maximum Gasteiger partial charge on any atom is 0.256 e. The number of phenolic OH excluding ortho intramolecular Hbond substituents is 1. The molecule has 6 heteroatoms. The molecule has 0 bridgehead atoms. The number of benzene rings is 1. The van der Waals surface area contributed by atoms with Crippen molar-refractivity contribution in [2.75, 3.05) is 6.54 Å². The summed E-state index contributed by atoms with van der Waals surface area (Å²) >= 11 is 0. The maximum absolute atomic E-state index is 12.6. The second-order valence-corrected chi connectivity index (χ2v) is 7.06. The highest BCUT2D eigenvalue weighted by atomic mass is 16.3. The molecule has 0 aliphatic heterocycles. The molecule has 0 radical (unpaired) electrons. The monoisotopic (exact) mass is 377 g/mol. The van der Waals surface area contributed by atoms with Crippen molar-refractivity contribution in [3.63, 3.8) is 0 Å². The van der Waals surface area contributed by atoms with E-state index in [2.05, 4.69) is 6.92 Å². The van der Waals surface area contributed by atoms with Crippen molar-refractivity contribution >= 4 is 11.7 Å². The predicted molar refractivity (Wildman–Crippen MR) is 109 cm³/mol. The lowest BCUT2D eigenvalue weighted by Gasteiger charge is -2.27. The zero-order valence-corrected chi connectivity index (χ0v) is 16.5. The lowest BCUT2D eigenvalue weighted by atomic mass is 10.1. The smallest absolute Gasteiger partial charge is 0.256 e. The van der Waals surface area contributed by atoms with Crippen molar-refractivity contribution in [1.82, 2.24) is 4.90 Å². The van der Waals surface area contributed by atoms with E-state index in [1.807, 2.05) is 0 Å². The fourth-order valence-electron chi connectivity index (χ4n) is 3.04. The number of amidine groups is 1. The summed E-state index contributed by atoms with van der Waals surface area (Å²) in [5.74, 6) is -0.775. The quantitative estimate of drug-likeness (QED) is 0.170. The van der Waals surface area contributed by atoms with Gasteiger partial charge in [0.1, 0.15) is 11.6 Å². The lowest BCUT2D eigenvalue weighted by molar-refractivity contribution is 0.0363. The number of nitrogens with two attached hydrogens (primary N) is 1. The van der Waals surface area contributed by atoms with Crippen molar-refractivity contribution in [1.29, 1.82) is 5.41 Å². The average molecular weight is 378 g/mol. The molecule has 0 aliphatic rings. The summed E-state index contributed by atoms with van der Waals surface area (Å²) in [5.41, 5.74) is 5.74. The fraction of sp³-hybridized carbons (Fsp3) is 0.619. The highest BCUT2D eigenvalue weighted by molar-refractivity contribution is 5.97. The average Bonchev–Trinajstić information content (AvgIpc) is 2.66. The fourth-order valence-corrected chi connectivity index (χ4v) is 3.04. The first kappa shape index (κ1) is 23.0. The van der Waals surface area contributed by atoms with Crippen molar-refractivity contribution in [3.05, 3.63) is 29.8 Å². The van der Waals surface area contributed by atoms with Crippen LogP contribution >= 0.6 is 0 Å². The van der Waals surface area contributed by atoms with Crippen LogP contribution in [0, 0.1) is 5.41 Å². The van der Waals surface area contributed by atoms with Crippen LogP contribution in [0.2, 0.25) is 0 Å². The second kappa shape index (κ2) is 13.1. The zero-order chi connectivity index (χ0) is 20.1. The first-order valence-corrected chi connectivity index (χ1v) is 10.1. The Hall–Kier alpha value is -2.08. The van der Waals surface area contributed by atoms with Crippen LogP contribution in [0.5, 0.6) is 5.75 Å². The second-order valence-electron chi connectivity index (χ2n) is 7.06. The van der Waals surface area contributed by atoms with Crippen molar-refractivity contribution < 1.29 is 15.0 Å². The minimum atomic E-state index is -1.43. The number of unbranched alkanes of at least 4 members (excludes halogenated alkanes) is 9. The van der Waals surface area contributed by atoms with Crippen LogP contribution in [0.25, 0.3) is 0 Å². The standard InChI is InChI=1S/C21H35N3O3/c1-2-3-4-5-6-7-8-9-10-11-16-24(21(27)19(22)23)20(26)17-12-14-18(25)15-13-17/h12-15,21,25,27H,2-11,16H2,1H3,(H3,22,23). The molecule has 0 saturated carbocycles. The van der Waals surface area contributed by atoms with Crippen LogP contribution in [0.3, 0.4) is 0 Å². The number of hydrogen-bond donors (Lipinski definition) is 4. The van der Waals surface area contributed by atoms with Crippen LogP contribution in [0.15, 0.2) is 24.3 Å². The van der Waals surface area contributed by atoms with Gasteiger partial charge in [-0.2, -0.15) is 0 Å². The highest BCUT2D eigenvalue weighted by Gasteiger charge is 2.24. The largest absolute Gasteiger partial charge is 0.508 e. The molecule has 1 aromatic carbocycles. The van der Waals surface area contributed by atoms with Gasteiger partial charge in [-0.3, -0.25) is 10.2 Å². The molecule has 152 valence electrons. The van der Waals surface area contributed by atoms with Gasteiger partial charge in [0.25, 0.3) is 5.91 Å². The zero-order valence-electron chi connectivity index (χ0n) is 16.5. The Morgan fingerprint density at radius 3 is 1.96 bits per heavy atom. The molecular formula is C21H35N3O3. The van der Waals surface area contributed by atoms with Crippen LogP contribution < -0.4 is 5.73 Å².